The molecule has 0 spiro atoms. The standard InChI is InChI=1S/C7H11N3/c1-4-5(2)7-6(3)8-10-9-7/h4H,1-3H3,(H,8,9,10)/b5-4+. The van der Waals surface area contributed by atoms with Crippen LogP contribution in [-0.2, 0) is 0 Å². The number of aryl methyl sites for hydroxylation is 1. The molecule has 0 radical (unpaired) electrons. The molecule has 1 aromatic heterocycles. The van der Waals surface area contributed by atoms with Crippen LogP contribution >= 0.6 is 0 Å². The van der Waals surface area contributed by atoms with Crippen LogP contribution in [0.2, 0.25) is 0 Å². The number of aromatic nitrogens is 3. The minimum atomic E-state index is 0.954. The van der Waals surface area contributed by atoms with Crippen molar-refractivity contribution in [2.24, 2.45) is 0 Å². The van der Waals surface area contributed by atoms with E-state index in [0.717, 1.165) is 17.0 Å². The predicted octanol–water partition coefficient (Wildman–Crippen LogP) is 1.54. The summed E-state index contributed by atoms with van der Waals surface area (Å²) in [5, 5.41) is 10.5. The monoisotopic (exact) mass is 137 g/mol. The molecule has 0 bridgehead atoms. The Bertz CT molecular complexity index is 247. The molecule has 0 aliphatic heterocycles. The number of allylic oxidation sites excluding steroid dienone is 2. The van der Waals surface area contributed by atoms with Gasteiger partial charge in [-0.05, 0) is 26.3 Å². The molecule has 1 aromatic rings. The summed E-state index contributed by atoms with van der Waals surface area (Å²) in [5.41, 5.74) is 3.07. The summed E-state index contributed by atoms with van der Waals surface area (Å²) in [6.45, 7) is 5.94. The van der Waals surface area contributed by atoms with Crippen LogP contribution in [-0.4, -0.2) is 15.4 Å². The van der Waals surface area contributed by atoms with Crippen LogP contribution in [0.5, 0.6) is 0 Å². The van der Waals surface area contributed by atoms with Crippen LogP contribution in [0.1, 0.15) is 25.2 Å². The van der Waals surface area contributed by atoms with Crippen LogP contribution in [0.4, 0.5) is 0 Å². The molecule has 0 amide bonds. The molecule has 3 heteroatoms. The second-order valence-corrected chi connectivity index (χ2v) is 2.23. The first-order valence-electron chi connectivity index (χ1n) is 3.26. The molecular weight excluding hydrogens is 126 g/mol. The van der Waals surface area contributed by atoms with Crippen molar-refractivity contribution in [3.05, 3.63) is 17.5 Å². The van der Waals surface area contributed by atoms with Gasteiger partial charge in [0.05, 0.1) is 5.69 Å². The number of rotatable bonds is 1. The van der Waals surface area contributed by atoms with E-state index in [4.69, 9.17) is 0 Å². The minimum Gasteiger partial charge on any atom is -0.197 e. The highest BCUT2D eigenvalue weighted by molar-refractivity contribution is 5.61. The molecule has 3 nitrogen and oxygen atoms in total. The van der Waals surface area contributed by atoms with E-state index < -0.39 is 0 Å². The lowest BCUT2D eigenvalue weighted by molar-refractivity contribution is 0.925. The summed E-state index contributed by atoms with van der Waals surface area (Å²) in [6, 6.07) is 0. The largest absolute Gasteiger partial charge is 0.197 e. The Labute approximate surface area is 60.2 Å². The van der Waals surface area contributed by atoms with Gasteiger partial charge in [-0.3, -0.25) is 0 Å². The topological polar surface area (TPSA) is 41.6 Å². The Morgan fingerprint density at radius 3 is 2.60 bits per heavy atom. The maximum Gasteiger partial charge on any atom is 0.111 e. The third-order valence-corrected chi connectivity index (χ3v) is 1.53. The zero-order chi connectivity index (χ0) is 7.56. The maximum absolute atomic E-state index is 3.98. The normalized spacial score (nSPS) is 12.1. The van der Waals surface area contributed by atoms with Crippen molar-refractivity contribution in [3.63, 3.8) is 0 Å². The van der Waals surface area contributed by atoms with Gasteiger partial charge in [-0.25, -0.2) is 0 Å². The van der Waals surface area contributed by atoms with Crippen molar-refractivity contribution in [1.29, 1.82) is 0 Å². The lowest BCUT2D eigenvalue weighted by Gasteiger charge is -1.91. The Balaban J connectivity index is 3.05. The quantitative estimate of drug-likeness (QED) is 0.637. The van der Waals surface area contributed by atoms with Crippen molar-refractivity contribution in [1.82, 2.24) is 15.4 Å². The van der Waals surface area contributed by atoms with Crippen molar-refractivity contribution in [2.75, 3.05) is 0 Å². The molecule has 0 unspecified atom stereocenters. The smallest absolute Gasteiger partial charge is 0.111 e. The molecule has 0 atom stereocenters. The van der Waals surface area contributed by atoms with E-state index in [9.17, 15) is 0 Å². The highest BCUT2D eigenvalue weighted by Crippen LogP contribution is 2.11. The van der Waals surface area contributed by atoms with Crippen LogP contribution in [0.3, 0.4) is 0 Å². The minimum absolute atomic E-state index is 0.954. The third kappa shape index (κ3) is 1.07. The lowest BCUT2D eigenvalue weighted by atomic mass is 10.2. The van der Waals surface area contributed by atoms with E-state index in [0.29, 0.717) is 0 Å². The number of hydrogen-bond acceptors (Lipinski definition) is 2. The van der Waals surface area contributed by atoms with Gasteiger partial charge >= 0.3 is 0 Å². The number of H-pyrrole nitrogens is 1. The van der Waals surface area contributed by atoms with Crippen molar-refractivity contribution in [3.8, 4) is 0 Å². The van der Waals surface area contributed by atoms with Gasteiger partial charge < -0.3 is 0 Å². The zero-order valence-corrected chi connectivity index (χ0v) is 6.47. The molecule has 0 saturated carbocycles. The van der Waals surface area contributed by atoms with Gasteiger partial charge in [0.25, 0.3) is 0 Å². The Morgan fingerprint density at radius 2 is 2.20 bits per heavy atom. The summed E-state index contributed by atoms with van der Waals surface area (Å²) in [7, 11) is 0. The van der Waals surface area contributed by atoms with Gasteiger partial charge in [-0.15, -0.1) is 0 Å². The lowest BCUT2D eigenvalue weighted by Crippen LogP contribution is -1.82. The summed E-state index contributed by atoms with van der Waals surface area (Å²) < 4.78 is 0. The first-order valence-corrected chi connectivity index (χ1v) is 3.26. The first-order chi connectivity index (χ1) is 4.75. The van der Waals surface area contributed by atoms with Crippen molar-refractivity contribution < 1.29 is 0 Å². The maximum atomic E-state index is 3.98. The number of hydrogen-bond donors (Lipinski definition) is 1. The molecule has 1 N–H and O–H groups in total. The van der Waals surface area contributed by atoms with E-state index in [2.05, 4.69) is 15.4 Å². The Hall–Kier alpha value is -1.12. The van der Waals surface area contributed by atoms with E-state index in [-0.39, 0.29) is 0 Å². The van der Waals surface area contributed by atoms with Gasteiger partial charge in [0, 0.05) is 0 Å². The van der Waals surface area contributed by atoms with E-state index in [1.54, 1.807) is 0 Å². The molecule has 0 aliphatic carbocycles. The fourth-order valence-electron chi connectivity index (χ4n) is 0.794. The summed E-state index contributed by atoms with van der Waals surface area (Å²) in [5.74, 6) is 0. The van der Waals surface area contributed by atoms with Crippen molar-refractivity contribution in [2.45, 2.75) is 20.8 Å². The molecule has 0 saturated heterocycles. The Kier molecular flexibility index (Phi) is 1.85. The highest BCUT2D eigenvalue weighted by atomic mass is 15.3. The summed E-state index contributed by atoms with van der Waals surface area (Å²) in [6.07, 6.45) is 2.02. The highest BCUT2D eigenvalue weighted by Gasteiger charge is 2.01. The fourth-order valence-corrected chi connectivity index (χ4v) is 0.794. The van der Waals surface area contributed by atoms with Gasteiger partial charge in [-0.1, -0.05) is 6.08 Å². The molecule has 10 heavy (non-hydrogen) atoms. The number of nitrogens with zero attached hydrogens (tertiary/aromatic N) is 2. The van der Waals surface area contributed by atoms with Gasteiger partial charge in [0.2, 0.25) is 0 Å². The summed E-state index contributed by atoms with van der Waals surface area (Å²) >= 11 is 0. The van der Waals surface area contributed by atoms with Gasteiger partial charge in [-0.2, -0.15) is 15.4 Å². The first kappa shape index (κ1) is 6.99. The van der Waals surface area contributed by atoms with Crippen LogP contribution < -0.4 is 0 Å². The number of nitrogens with one attached hydrogen (secondary N) is 1. The SMILES string of the molecule is C/C=C(\C)c1n[nH]nc1C. The van der Waals surface area contributed by atoms with Gasteiger partial charge in [0.15, 0.2) is 0 Å². The molecule has 0 aliphatic rings. The predicted molar refractivity (Wildman–Crippen MR) is 40.4 cm³/mol. The van der Waals surface area contributed by atoms with E-state index in [1.165, 1.54) is 0 Å². The molecule has 1 rings (SSSR count). The average molecular weight is 137 g/mol. The second-order valence-electron chi connectivity index (χ2n) is 2.23. The molecule has 54 valence electrons. The summed E-state index contributed by atoms with van der Waals surface area (Å²) in [4.78, 5) is 0. The molecule has 0 aromatic carbocycles. The zero-order valence-electron chi connectivity index (χ0n) is 6.47. The van der Waals surface area contributed by atoms with Crippen LogP contribution in [0.15, 0.2) is 6.08 Å². The third-order valence-electron chi connectivity index (χ3n) is 1.53. The molecular formula is C7H11N3. The fraction of sp³-hybridized carbons (Fsp3) is 0.429. The van der Waals surface area contributed by atoms with Crippen LogP contribution in [0, 0.1) is 6.92 Å². The van der Waals surface area contributed by atoms with E-state index in [1.807, 2.05) is 26.8 Å². The Morgan fingerprint density at radius 1 is 1.50 bits per heavy atom. The number of aromatic amines is 1. The van der Waals surface area contributed by atoms with Crippen molar-refractivity contribution >= 4 is 5.57 Å². The second kappa shape index (κ2) is 2.64. The average Bonchev–Trinajstić information content (AvgIpc) is 2.34. The van der Waals surface area contributed by atoms with Gasteiger partial charge in [0.1, 0.15) is 5.69 Å². The van der Waals surface area contributed by atoms with Crippen LogP contribution in [0.25, 0.3) is 5.57 Å². The van der Waals surface area contributed by atoms with E-state index >= 15 is 0 Å². The molecule has 1 heterocycles. The molecule has 0 fully saturated rings.